The molecule has 0 saturated heterocycles. The van der Waals surface area contributed by atoms with E-state index in [1.807, 2.05) is 24.5 Å². The number of rotatable bonds is 7. The zero-order chi connectivity index (χ0) is 19.4. The fourth-order valence-electron chi connectivity index (χ4n) is 2.88. The molecule has 3 aromatic heterocycles. The highest BCUT2D eigenvalue weighted by Gasteiger charge is 2.18. The van der Waals surface area contributed by atoms with Gasteiger partial charge in [0.05, 0.1) is 43.7 Å². The lowest BCUT2D eigenvalue weighted by Crippen LogP contribution is -2.23. The quantitative estimate of drug-likeness (QED) is 0.687. The summed E-state index contributed by atoms with van der Waals surface area (Å²) < 4.78 is 12.5. The third-order valence-corrected chi connectivity index (χ3v) is 4.36. The van der Waals surface area contributed by atoms with Gasteiger partial charge in [-0.05, 0) is 13.3 Å². The molecule has 0 aliphatic heterocycles. The van der Waals surface area contributed by atoms with Gasteiger partial charge < -0.3 is 19.4 Å². The van der Waals surface area contributed by atoms with E-state index in [0.717, 1.165) is 23.2 Å². The molecule has 3 rings (SSSR count). The van der Waals surface area contributed by atoms with Crippen LogP contribution in [0.2, 0.25) is 0 Å². The SMILES string of the molecule is CCCNC(=O)c1cn(Cc2ncnc(OC)c2C)c2cc(OC)cnc12. The Hall–Kier alpha value is -3.16. The van der Waals surface area contributed by atoms with E-state index < -0.39 is 0 Å². The van der Waals surface area contributed by atoms with Crippen LogP contribution in [0, 0.1) is 6.92 Å². The number of ether oxygens (including phenoxy) is 2. The van der Waals surface area contributed by atoms with Crippen molar-refractivity contribution in [2.45, 2.75) is 26.8 Å². The van der Waals surface area contributed by atoms with Crippen molar-refractivity contribution in [2.24, 2.45) is 0 Å². The summed E-state index contributed by atoms with van der Waals surface area (Å²) in [5.41, 5.74) is 3.62. The smallest absolute Gasteiger partial charge is 0.255 e. The van der Waals surface area contributed by atoms with Gasteiger partial charge in [-0.1, -0.05) is 6.92 Å². The van der Waals surface area contributed by atoms with Gasteiger partial charge in [-0.3, -0.25) is 4.79 Å². The van der Waals surface area contributed by atoms with Crippen LogP contribution in [0.4, 0.5) is 0 Å². The molecule has 1 N–H and O–H groups in total. The number of methoxy groups -OCH3 is 2. The Labute approximate surface area is 157 Å². The number of carbonyl (C=O) groups is 1. The van der Waals surface area contributed by atoms with Crippen molar-refractivity contribution in [1.82, 2.24) is 24.8 Å². The summed E-state index contributed by atoms with van der Waals surface area (Å²) in [5.74, 6) is 1.02. The maximum absolute atomic E-state index is 12.6. The summed E-state index contributed by atoms with van der Waals surface area (Å²) in [7, 11) is 3.17. The van der Waals surface area contributed by atoms with E-state index in [0.29, 0.717) is 35.8 Å². The lowest BCUT2D eigenvalue weighted by molar-refractivity contribution is 0.0955. The van der Waals surface area contributed by atoms with Gasteiger partial charge in [-0.25, -0.2) is 15.0 Å². The van der Waals surface area contributed by atoms with E-state index >= 15 is 0 Å². The molecule has 0 saturated carbocycles. The van der Waals surface area contributed by atoms with Crippen molar-refractivity contribution >= 4 is 16.9 Å². The second kappa shape index (κ2) is 8.03. The third-order valence-electron chi connectivity index (χ3n) is 4.36. The van der Waals surface area contributed by atoms with Gasteiger partial charge in [-0.15, -0.1) is 0 Å². The van der Waals surface area contributed by atoms with E-state index in [4.69, 9.17) is 9.47 Å². The van der Waals surface area contributed by atoms with Crippen LogP contribution in [0.1, 0.15) is 35.0 Å². The number of fused-ring (bicyclic) bond motifs is 1. The molecule has 0 unspecified atom stereocenters. The summed E-state index contributed by atoms with van der Waals surface area (Å²) >= 11 is 0. The highest BCUT2D eigenvalue weighted by atomic mass is 16.5. The Morgan fingerprint density at radius 2 is 2.04 bits per heavy atom. The van der Waals surface area contributed by atoms with Crippen molar-refractivity contribution in [3.63, 3.8) is 0 Å². The Balaban J connectivity index is 2.07. The zero-order valence-corrected chi connectivity index (χ0v) is 15.9. The second-order valence-electron chi connectivity index (χ2n) is 6.12. The Morgan fingerprint density at radius 3 is 2.74 bits per heavy atom. The zero-order valence-electron chi connectivity index (χ0n) is 15.9. The summed E-state index contributed by atoms with van der Waals surface area (Å²) in [6, 6.07) is 1.87. The first kappa shape index (κ1) is 18.6. The molecule has 8 nitrogen and oxygen atoms in total. The highest BCUT2D eigenvalue weighted by molar-refractivity contribution is 6.05. The van der Waals surface area contributed by atoms with Crippen LogP contribution in [0.15, 0.2) is 24.8 Å². The third kappa shape index (κ3) is 3.69. The number of nitrogens with one attached hydrogen (secondary N) is 1. The van der Waals surface area contributed by atoms with E-state index in [1.54, 1.807) is 26.6 Å². The minimum absolute atomic E-state index is 0.143. The second-order valence-corrected chi connectivity index (χ2v) is 6.12. The van der Waals surface area contributed by atoms with Crippen LogP contribution < -0.4 is 14.8 Å². The first-order valence-electron chi connectivity index (χ1n) is 8.74. The summed E-state index contributed by atoms with van der Waals surface area (Å²) in [4.78, 5) is 25.5. The maximum Gasteiger partial charge on any atom is 0.255 e. The topological polar surface area (TPSA) is 91.2 Å². The van der Waals surface area contributed by atoms with Crippen LogP contribution in [0.3, 0.4) is 0 Å². The number of aromatic nitrogens is 4. The Morgan fingerprint density at radius 1 is 1.22 bits per heavy atom. The molecular formula is C19H23N5O3. The van der Waals surface area contributed by atoms with Crippen LogP contribution in [-0.2, 0) is 6.54 Å². The molecule has 1 amide bonds. The minimum Gasteiger partial charge on any atom is -0.495 e. The summed E-state index contributed by atoms with van der Waals surface area (Å²) in [5, 5.41) is 2.91. The standard InChI is InChI=1S/C19H23N5O3/c1-5-6-20-18(25)14-9-24(16-7-13(26-3)8-21-17(14)16)10-15-12(2)19(27-4)23-11-22-15/h7-9,11H,5-6,10H2,1-4H3,(H,20,25). The summed E-state index contributed by atoms with van der Waals surface area (Å²) in [6.45, 7) is 4.99. The largest absolute Gasteiger partial charge is 0.495 e. The lowest BCUT2D eigenvalue weighted by Gasteiger charge is -2.10. The molecule has 8 heteroatoms. The van der Waals surface area contributed by atoms with E-state index in [2.05, 4.69) is 20.3 Å². The fraction of sp³-hybridized carbons (Fsp3) is 0.368. The number of amides is 1. The van der Waals surface area contributed by atoms with Gasteiger partial charge in [0.15, 0.2) is 0 Å². The lowest BCUT2D eigenvalue weighted by atomic mass is 10.2. The molecule has 0 fully saturated rings. The van der Waals surface area contributed by atoms with Crippen molar-refractivity contribution in [3.8, 4) is 11.6 Å². The van der Waals surface area contributed by atoms with E-state index in [9.17, 15) is 4.79 Å². The van der Waals surface area contributed by atoms with Crippen molar-refractivity contribution < 1.29 is 14.3 Å². The monoisotopic (exact) mass is 369 g/mol. The van der Waals surface area contributed by atoms with Crippen molar-refractivity contribution in [2.75, 3.05) is 20.8 Å². The first-order valence-corrected chi connectivity index (χ1v) is 8.74. The predicted molar refractivity (Wildman–Crippen MR) is 101 cm³/mol. The molecule has 0 aromatic carbocycles. The predicted octanol–water partition coefficient (Wildman–Crippen LogP) is 2.34. The molecule has 142 valence electrons. The van der Waals surface area contributed by atoms with Crippen LogP contribution in [0.5, 0.6) is 11.6 Å². The number of hydrogen-bond donors (Lipinski definition) is 1. The molecule has 3 heterocycles. The molecule has 0 spiro atoms. The van der Waals surface area contributed by atoms with Gasteiger partial charge in [-0.2, -0.15) is 0 Å². The van der Waals surface area contributed by atoms with Gasteiger partial charge in [0, 0.05) is 24.4 Å². The highest BCUT2D eigenvalue weighted by Crippen LogP contribution is 2.25. The van der Waals surface area contributed by atoms with Crippen LogP contribution in [-0.4, -0.2) is 46.2 Å². The van der Waals surface area contributed by atoms with Gasteiger partial charge in [0.2, 0.25) is 5.88 Å². The molecule has 27 heavy (non-hydrogen) atoms. The average Bonchev–Trinajstić information content (AvgIpc) is 3.05. The van der Waals surface area contributed by atoms with Gasteiger partial charge >= 0.3 is 0 Å². The number of hydrogen-bond acceptors (Lipinski definition) is 6. The Kier molecular flexibility index (Phi) is 5.54. The first-order chi connectivity index (χ1) is 13.1. The van der Waals surface area contributed by atoms with Gasteiger partial charge in [0.25, 0.3) is 5.91 Å². The van der Waals surface area contributed by atoms with Crippen LogP contribution >= 0.6 is 0 Å². The van der Waals surface area contributed by atoms with Crippen molar-refractivity contribution in [3.05, 3.63) is 41.6 Å². The van der Waals surface area contributed by atoms with E-state index in [1.165, 1.54) is 6.33 Å². The molecule has 0 aliphatic rings. The maximum atomic E-state index is 12.6. The molecule has 0 atom stereocenters. The number of carbonyl (C=O) groups excluding carboxylic acids is 1. The minimum atomic E-state index is -0.143. The molecular weight excluding hydrogens is 346 g/mol. The molecule has 0 radical (unpaired) electrons. The van der Waals surface area contributed by atoms with E-state index in [-0.39, 0.29) is 5.91 Å². The molecule has 0 bridgehead atoms. The normalized spacial score (nSPS) is 10.8. The summed E-state index contributed by atoms with van der Waals surface area (Å²) in [6.07, 6.45) is 5.75. The molecule has 0 aliphatic carbocycles. The average molecular weight is 369 g/mol. The molecule has 3 aromatic rings. The fourth-order valence-corrected chi connectivity index (χ4v) is 2.88. The van der Waals surface area contributed by atoms with Crippen LogP contribution in [0.25, 0.3) is 11.0 Å². The Bertz CT molecular complexity index is 967. The van der Waals surface area contributed by atoms with Crippen molar-refractivity contribution in [1.29, 1.82) is 0 Å². The van der Waals surface area contributed by atoms with Gasteiger partial charge in [0.1, 0.15) is 17.6 Å². The number of nitrogens with zero attached hydrogens (tertiary/aromatic N) is 4. The number of pyridine rings is 1.